The van der Waals surface area contributed by atoms with Crippen LogP contribution in [0.25, 0.3) is 0 Å². The van der Waals surface area contributed by atoms with Crippen molar-refractivity contribution in [1.29, 1.82) is 0 Å². The van der Waals surface area contributed by atoms with E-state index >= 15 is 0 Å². The molecule has 4 aliphatic rings. The highest BCUT2D eigenvalue weighted by molar-refractivity contribution is 4.96. The zero-order valence-electron chi connectivity index (χ0n) is 14.2. The first-order chi connectivity index (χ1) is 11.4. The number of likely N-dealkylation sites (tertiary alicyclic amines) is 1. The van der Waals surface area contributed by atoms with Crippen molar-refractivity contribution >= 4 is 0 Å². The Kier molecular flexibility index (Phi) is 5.51. The van der Waals surface area contributed by atoms with Crippen molar-refractivity contribution < 1.29 is 18.9 Å². The highest BCUT2D eigenvalue weighted by Crippen LogP contribution is 2.34. The number of nitrogens with zero attached hydrogens (tertiary/aromatic N) is 1. The van der Waals surface area contributed by atoms with E-state index in [-0.39, 0.29) is 0 Å². The number of fused-ring (bicyclic) bond motifs is 1. The Hall–Kier alpha value is -0.200. The average Bonchev–Trinajstić information content (AvgIpc) is 3.24. The summed E-state index contributed by atoms with van der Waals surface area (Å²) in [6.45, 7) is 6.48. The predicted octanol–water partition coefficient (Wildman–Crippen LogP) is 1.84. The minimum Gasteiger partial charge on any atom is -0.381 e. The number of hydrogen-bond acceptors (Lipinski definition) is 5. The first-order valence-corrected chi connectivity index (χ1v) is 9.54. The fourth-order valence-corrected chi connectivity index (χ4v) is 4.67. The van der Waals surface area contributed by atoms with E-state index in [9.17, 15) is 0 Å². The molecule has 0 saturated carbocycles. The van der Waals surface area contributed by atoms with Gasteiger partial charge in [-0.05, 0) is 44.4 Å². The van der Waals surface area contributed by atoms with E-state index in [0.717, 1.165) is 58.9 Å². The first kappa shape index (κ1) is 16.3. The Bertz CT molecular complexity index is 368. The molecule has 4 aliphatic heterocycles. The van der Waals surface area contributed by atoms with Crippen molar-refractivity contribution in [2.75, 3.05) is 46.2 Å². The minimum atomic E-state index is 0.302. The lowest BCUT2D eigenvalue weighted by molar-refractivity contribution is -0.107. The third-order valence-corrected chi connectivity index (χ3v) is 6.05. The van der Waals surface area contributed by atoms with Crippen molar-refractivity contribution in [2.45, 2.75) is 62.8 Å². The van der Waals surface area contributed by atoms with E-state index in [1.807, 2.05) is 0 Å². The van der Waals surface area contributed by atoms with Crippen LogP contribution in [0, 0.1) is 5.92 Å². The Morgan fingerprint density at radius 1 is 0.870 bits per heavy atom. The molecule has 0 unspecified atom stereocenters. The Labute approximate surface area is 139 Å². The molecule has 5 heteroatoms. The van der Waals surface area contributed by atoms with E-state index in [2.05, 4.69) is 4.90 Å². The molecular weight excluding hydrogens is 294 g/mol. The third-order valence-electron chi connectivity index (χ3n) is 6.05. The van der Waals surface area contributed by atoms with Crippen LogP contribution in [-0.4, -0.2) is 75.4 Å². The molecule has 132 valence electrons. The summed E-state index contributed by atoms with van der Waals surface area (Å²) in [5, 5.41) is 0. The maximum absolute atomic E-state index is 6.36. The fourth-order valence-electron chi connectivity index (χ4n) is 4.67. The molecule has 4 saturated heterocycles. The normalized spacial score (nSPS) is 39.7. The average molecular weight is 325 g/mol. The van der Waals surface area contributed by atoms with E-state index in [1.165, 1.54) is 25.8 Å². The van der Waals surface area contributed by atoms with Gasteiger partial charge in [-0.15, -0.1) is 0 Å². The molecule has 0 aromatic heterocycles. The van der Waals surface area contributed by atoms with Crippen molar-refractivity contribution in [1.82, 2.24) is 4.90 Å². The molecule has 0 bridgehead atoms. The second-order valence-corrected chi connectivity index (χ2v) is 7.58. The summed E-state index contributed by atoms with van der Waals surface area (Å²) < 4.78 is 23.3. The second-order valence-electron chi connectivity index (χ2n) is 7.58. The molecule has 0 N–H and O–H groups in total. The van der Waals surface area contributed by atoms with Gasteiger partial charge in [-0.1, -0.05) is 0 Å². The molecule has 0 aromatic rings. The van der Waals surface area contributed by atoms with Gasteiger partial charge in [0.2, 0.25) is 0 Å². The summed E-state index contributed by atoms with van der Waals surface area (Å²) in [4.78, 5) is 2.66. The monoisotopic (exact) mass is 325 g/mol. The van der Waals surface area contributed by atoms with Gasteiger partial charge in [-0.25, -0.2) is 0 Å². The molecular formula is C18H31NO4. The molecule has 0 aromatic carbocycles. The van der Waals surface area contributed by atoms with E-state index < -0.39 is 0 Å². The first-order valence-electron chi connectivity index (χ1n) is 9.54. The van der Waals surface area contributed by atoms with Gasteiger partial charge in [-0.3, -0.25) is 4.90 Å². The highest BCUT2D eigenvalue weighted by atomic mass is 16.5. The molecule has 0 spiro atoms. The van der Waals surface area contributed by atoms with Gasteiger partial charge in [0.25, 0.3) is 0 Å². The van der Waals surface area contributed by atoms with Gasteiger partial charge in [0.1, 0.15) is 0 Å². The largest absolute Gasteiger partial charge is 0.381 e. The Balaban J connectivity index is 1.19. The molecule has 0 radical (unpaired) electrons. The van der Waals surface area contributed by atoms with Gasteiger partial charge in [-0.2, -0.15) is 0 Å². The zero-order valence-corrected chi connectivity index (χ0v) is 14.2. The van der Waals surface area contributed by atoms with Crippen LogP contribution < -0.4 is 0 Å². The van der Waals surface area contributed by atoms with Crippen LogP contribution in [-0.2, 0) is 18.9 Å². The van der Waals surface area contributed by atoms with E-state index in [4.69, 9.17) is 18.9 Å². The summed E-state index contributed by atoms with van der Waals surface area (Å²) in [6, 6.07) is 1.25. The fraction of sp³-hybridized carbons (Fsp3) is 1.00. The maximum atomic E-state index is 6.36. The Morgan fingerprint density at radius 3 is 2.57 bits per heavy atom. The van der Waals surface area contributed by atoms with Crippen LogP contribution in [0.15, 0.2) is 0 Å². The molecule has 4 heterocycles. The van der Waals surface area contributed by atoms with Gasteiger partial charge in [0.15, 0.2) is 0 Å². The maximum Gasteiger partial charge on any atom is 0.0813 e. The number of rotatable bonds is 5. The number of hydrogen-bond donors (Lipinski definition) is 0. The quantitative estimate of drug-likeness (QED) is 0.771. The van der Waals surface area contributed by atoms with Crippen molar-refractivity contribution in [2.24, 2.45) is 5.92 Å². The van der Waals surface area contributed by atoms with Crippen molar-refractivity contribution in [3.8, 4) is 0 Å². The summed E-state index contributed by atoms with van der Waals surface area (Å²) in [6.07, 6.45) is 7.78. The minimum absolute atomic E-state index is 0.302. The van der Waals surface area contributed by atoms with Gasteiger partial charge in [0, 0.05) is 45.1 Å². The second kappa shape index (κ2) is 7.79. The SMILES string of the molecule is C1CC(COC[C@@H]2CC[C@H]3[C@H](CCN3[C@H]3CCOC3)O2)CCO1. The summed E-state index contributed by atoms with van der Waals surface area (Å²) in [5.74, 6) is 0.685. The van der Waals surface area contributed by atoms with Crippen molar-refractivity contribution in [3.05, 3.63) is 0 Å². The lowest BCUT2D eigenvalue weighted by atomic mass is 9.98. The van der Waals surface area contributed by atoms with Crippen LogP contribution in [0.2, 0.25) is 0 Å². The molecule has 5 nitrogen and oxygen atoms in total. The standard InChI is InChI=1S/C18H31NO4/c1-2-17-18(3-7-19(17)15-6-10-21-12-15)23-16(1)13-22-11-14-4-8-20-9-5-14/h14-18H,1-13H2/t15-,16-,17-,18-/m0/s1. The van der Waals surface area contributed by atoms with Gasteiger partial charge in [0.05, 0.1) is 25.4 Å². The van der Waals surface area contributed by atoms with E-state index in [1.54, 1.807) is 0 Å². The zero-order chi connectivity index (χ0) is 15.5. The smallest absolute Gasteiger partial charge is 0.0813 e. The lowest BCUT2D eigenvalue weighted by Gasteiger charge is -2.38. The van der Waals surface area contributed by atoms with Crippen LogP contribution in [0.4, 0.5) is 0 Å². The van der Waals surface area contributed by atoms with Crippen LogP contribution in [0.1, 0.15) is 38.5 Å². The van der Waals surface area contributed by atoms with Crippen LogP contribution in [0.3, 0.4) is 0 Å². The van der Waals surface area contributed by atoms with Gasteiger partial charge < -0.3 is 18.9 Å². The summed E-state index contributed by atoms with van der Waals surface area (Å²) in [7, 11) is 0. The summed E-state index contributed by atoms with van der Waals surface area (Å²) >= 11 is 0. The van der Waals surface area contributed by atoms with Crippen LogP contribution in [0.5, 0.6) is 0 Å². The number of ether oxygens (including phenoxy) is 4. The third kappa shape index (κ3) is 3.90. The van der Waals surface area contributed by atoms with E-state index in [0.29, 0.717) is 30.2 Å². The molecule has 4 rings (SSSR count). The lowest BCUT2D eigenvalue weighted by Crippen LogP contribution is -2.47. The molecule has 4 fully saturated rings. The van der Waals surface area contributed by atoms with Crippen LogP contribution >= 0.6 is 0 Å². The topological polar surface area (TPSA) is 40.2 Å². The predicted molar refractivity (Wildman–Crippen MR) is 86.6 cm³/mol. The molecule has 0 amide bonds. The molecule has 4 atom stereocenters. The van der Waals surface area contributed by atoms with Crippen molar-refractivity contribution in [3.63, 3.8) is 0 Å². The van der Waals surface area contributed by atoms with Gasteiger partial charge >= 0.3 is 0 Å². The highest BCUT2D eigenvalue weighted by Gasteiger charge is 2.43. The molecule has 23 heavy (non-hydrogen) atoms. The summed E-state index contributed by atoms with van der Waals surface area (Å²) in [5.41, 5.74) is 0. The Morgan fingerprint density at radius 2 is 1.74 bits per heavy atom. The molecule has 0 aliphatic carbocycles.